The Labute approximate surface area is 83.8 Å². The van der Waals surface area contributed by atoms with Gasteiger partial charge in [-0.25, -0.2) is 9.97 Å². The summed E-state index contributed by atoms with van der Waals surface area (Å²) in [5.41, 5.74) is 1.55. The van der Waals surface area contributed by atoms with Gasteiger partial charge in [0.25, 0.3) is 0 Å². The molecule has 0 bridgehead atoms. The summed E-state index contributed by atoms with van der Waals surface area (Å²) < 4.78 is 1.96. The molecule has 14 heavy (non-hydrogen) atoms. The summed E-state index contributed by atoms with van der Waals surface area (Å²) in [7, 11) is 0. The highest BCUT2D eigenvalue weighted by Crippen LogP contribution is 2.19. The van der Waals surface area contributed by atoms with E-state index >= 15 is 0 Å². The van der Waals surface area contributed by atoms with Crippen molar-refractivity contribution in [1.29, 1.82) is 0 Å². The summed E-state index contributed by atoms with van der Waals surface area (Å²) >= 11 is 0. The van der Waals surface area contributed by atoms with Crippen LogP contribution in [0.3, 0.4) is 0 Å². The molecule has 2 aromatic rings. The first-order valence-electron chi connectivity index (χ1n) is 4.82. The summed E-state index contributed by atoms with van der Waals surface area (Å²) in [6, 6.07) is 0. The molecule has 2 rings (SSSR count). The van der Waals surface area contributed by atoms with E-state index in [0.717, 1.165) is 12.2 Å². The van der Waals surface area contributed by atoms with E-state index in [2.05, 4.69) is 36.9 Å². The van der Waals surface area contributed by atoms with Gasteiger partial charge in [-0.15, -0.1) is 0 Å². The van der Waals surface area contributed by atoms with Gasteiger partial charge in [-0.1, -0.05) is 20.8 Å². The molecule has 0 saturated heterocycles. The van der Waals surface area contributed by atoms with Gasteiger partial charge in [-0.2, -0.15) is 0 Å². The van der Waals surface area contributed by atoms with Crippen LogP contribution in [-0.4, -0.2) is 14.4 Å². The molecule has 74 valence electrons. The van der Waals surface area contributed by atoms with E-state index in [1.54, 1.807) is 6.20 Å². The highest BCUT2D eigenvalue weighted by molar-refractivity contribution is 5.28. The molecule has 0 saturated carbocycles. The lowest BCUT2D eigenvalue weighted by Gasteiger charge is -2.17. The molecule has 0 atom stereocenters. The number of fused-ring (bicyclic) bond motifs is 1. The van der Waals surface area contributed by atoms with Gasteiger partial charge in [0.05, 0.1) is 0 Å². The number of rotatable bonds is 1. The summed E-state index contributed by atoms with van der Waals surface area (Å²) in [5, 5.41) is 0. The van der Waals surface area contributed by atoms with Crippen molar-refractivity contribution in [2.45, 2.75) is 27.2 Å². The highest BCUT2D eigenvalue weighted by Gasteiger charge is 2.11. The topological polar surface area (TPSA) is 30.2 Å². The number of aromatic nitrogens is 3. The van der Waals surface area contributed by atoms with Crippen molar-refractivity contribution in [2.75, 3.05) is 0 Å². The van der Waals surface area contributed by atoms with E-state index in [0.29, 0.717) is 5.41 Å². The molecule has 0 amide bonds. The average molecular weight is 189 g/mol. The number of nitrogens with zero attached hydrogens (tertiary/aromatic N) is 3. The molecule has 2 aromatic heterocycles. The Balaban J connectivity index is 2.35. The van der Waals surface area contributed by atoms with Crippen LogP contribution in [0, 0.1) is 5.41 Å². The standard InChI is InChI=1S/C11H15N3/c1-11(2,3)6-9-7-13-10-12-4-5-14(10)8-9/h4-5,7-8H,6H2,1-3H3. The van der Waals surface area contributed by atoms with Gasteiger partial charge in [0.1, 0.15) is 0 Å². The van der Waals surface area contributed by atoms with Crippen molar-refractivity contribution in [2.24, 2.45) is 5.41 Å². The maximum Gasteiger partial charge on any atom is 0.233 e. The predicted octanol–water partition coefficient (Wildman–Crippen LogP) is 2.32. The normalized spacial score (nSPS) is 12.2. The van der Waals surface area contributed by atoms with Gasteiger partial charge < -0.3 is 0 Å². The lowest BCUT2D eigenvalue weighted by molar-refractivity contribution is 0.410. The molecule has 0 fully saturated rings. The Bertz CT molecular complexity index is 437. The summed E-state index contributed by atoms with van der Waals surface area (Å²) in [6.45, 7) is 6.68. The SMILES string of the molecule is CC(C)(C)Cc1cnc2nccn2c1. The quantitative estimate of drug-likeness (QED) is 0.689. The van der Waals surface area contributed by atoms with Crippen LogP contribution < -0.4 is 0 Å². The van der Waals surface area contributed by atoms with E-state index in [1.807, 2.05) is 16.8 Å². The second-order valence-corrected chi connectivity index (χ2v) is 4.83. The van der Waals surface area contributed by atoms with Crippen molar-refractivity contribution >= 4 is 5.78 Å². The molecule has 0 aliphatic rings. The van der Waals surface area contributed by atoms with E-state index in [4.69, 9.17) is 0 Å². The first kappa shape index (κ1) is 9.19. The van der Waals surface area contributed by atoms with Crippen molar-refractivity contribution in [3.63, 3.8) is 0 Å². The molecule has 3 nitrogen and oxygen atoms in total. The van der Waals surface area contributed by atoms with Gasteiger partial charge in [-0.05, 0) is 17.4 Å². The van der Waals surface area contributed by atoms with Crippen molar-refractivity contribution in [3.8, 4) is 0 Å². The van der Waals surface area contributed by atoms with E-state index < -0.39 is 0 Å². The minimum atomic E-state index is 0.302. The monoisotopic (exact) mass is 189 g/mol. The molecule has 2 heterocycles. The molecular formula is C11H15N3. The van der Waals surface area contributed by atoms with E-state index in [1.165, 1.54) is 5.56 Å². The summed E-state index contributed by atoms with van der Waals surface area (Å²) in [5.74, 6) is 0.766. The molecule has 3 heteroatoms. The number of imidazole rings is 1. The van der Waals surface area contributed by atoms with Crippen molar-refractivity contribution in [3.05, 3.63) is 30.4 Å². The maximum absolute atomic E-state index is 4.28. The first-order chi connectivity index (χ1) is 6.54. The van der Waals surface area contributed by atoms with Gasteiger partial charge in [-0.3, -0.25) is 4.40 Å². The fraction of sp³-hybridized carbons (Fsp3) is 0.455. The zero-order valence-electron chi connectivity index (χ0n) is 8.86. The Morgan fingerprint density at radius 1 is 1.29 bits per heavy atom. The third-order valence-electron chi connectivity index (χ3n) is 2.03. The van der Waals surface area contributed by atoms with E-state index in [9.17, 15) is 0 Å². The Morgan fingerprint density at radius 2 is 2.07 bits per heavy atom. The zero-order valence-corrected chi connectivity index (χ0v) is 8.86. The zero-order chi connectivity index (χ0) is 10.2. The van der Waals surface area contributed by atoms with Crippen LogP contribution in [0.4, 0.5) is 0 Å². The van der Waals surface area contributed by atoms with Gasteiger partial charge in [0.15, 0.2) is 0 Å². The Morgan fingerprint density at radius 3 is 2.79 bits per heavy atom. The number of hydrogen-bond acceptors (Lipinski definition) is 2. The second kappa shape index (κ2) is 3.08. The lowest BCUT2D eigenvalue weighted by atomic mass is 9.89. The summed E-state index contributed by atoms with van der Waals surface area (Å²) in [4.78, 5) is 8.39. The van der Waals surface area contributed by atoms with Gasteiger partial charge >= 0.3 is 0 Å². The van der Waals surface area contributed by atoms with Crippen LogP contribution >= 0.6 is 0 Å². The largest absolute Gasteiger partial charge is 0.291 e. The second-order valence-electron chi connectivity index (χ2n) is 4.83. The predicted molar refractivity (Wildman–Crippen MR) is 56.1 cm³/mol. The Hall–Kier alpha value is -1.38. The molecule has 0 N–H and O–H groups in total. The molecule has 0 aliphatic carbocycles. The molecule has 0 unspecified atom stereocenters. The molecular weight excluding hydrogens is 174 g/mol. The highest BCUT2D eigenvalue weighted by atomic mass is 15.1. The van der Waals surface area contributed by atoms with Crippen LogP contribution in [0.25, 0.3) is 5.78 Å². The molecule has 0 radical (unpaired) electrons. The van der Waals surface area contributed by atoms with Crippen LogP contribution in [0.1, 0.15) is 26.3 Å². The smallest absolute Gasteiger partial charge is 0.233 e. The number of hydrogen-bond donors (Lipinski definition) is 0. The fourth-order valence-corrected chi connectivity index (χ4v) is 1.56. The third kappa shape index (κ3) is 1.92. The third-order valence-corrected chi connectivity index (χ3v) is 2.03. The molecule has 0 aromatic carbocycles. The van der Waals surface area contributed by atoms with Crippen LogP contribution in [-0.2, 0) is 6.42 Å². The Kier molecular flexibility index (Phi) is 2.02. The van der Waals surface area contributed by atoms with Crippen LogP contribution in [0.15, 0.2) is 24.8 Å². The molecule has 0 spiro atoms. The molecule has 0 aliphatic heterocycles. The van der Waals surface area contributed by atoms with Crippen molar-refractivity contribution < 1.29 is 0 Å². The van der Waals surface area contributed by atoms with Crippen LogP contribution in [0.2, 0.25) is 0 Å². The minimum absolute atomic E-state index is 0.302. The summed E-state index contributed by atoms with van der Waals surface area (Å²) in [6.07, 6.45) is 8.74. The minimum Gasteiger partial charge on any atom is -0.291 e. The van der Waals surface area contributed by atoms with Crippen molar-refractivity contribution in [1.82, 2.24) is 14.4 Å². The van der Waals surface area contributed by atoms with Gasteiger partial charge in [0, 0.05) is 24.8 Å². The first-order valence-corrected chi connectivity index (χ1v) is 4.82. The lowest BCUT2D eigenvalue weighted by Crippen LogP contribution is -2.10. The van der Waals surface area contributed by atoms with E-state index in [-0.39, 0.29) is 0 Å². The van der Waals surface area contributed by atoms with Gasteiger partial charge in [0.2, 0.25) is 5.78 Å². The average Bonchev–Trinajstić information content (AvgIpc) is 2.47. The maximum atomic E-state index is 4.28. The fourth-order valence-electron chi connectivity index (χ4n) is 1.56. The van der Waals surface area contributed by atoms with Crippen LogP contribution in [0.5, 0.6) is 0 Å².